The lowest BCUT2D eigenvalue weighted by atomic mass is 9.95. The second-order valence-corrected chi connectivity index (χ2v) is 7.55. The largest absolute Gasteiger partial charge is 0.353 e. The maximum Gasteiger partial charge on any atom is 0.224 e. The van der Waals surface area contributed by atoms with Gasteiger partial charge >= 0.3 is 0 Å². The number of hydrogen-bond donors (Lipinski definition) is 1. The van der Waals surface area contributed by atoms with Gasteiger partial charge in [-0.15, -0.1) is 0 Å². The smallest absolute Gasteiger partial charge is 0.224 e. The number of nitrogens with zero attached hydrogens (tertiary/aromatic N) is 2. The quantitative estimate of drug-likeness (QED) is 0.853. The third kappa shape index (κ3) is 4.55. The molecule has 0 bridgehead atoms. The maximum absolute atomic E-state index is 12.0. The van der Waals surface area contributed by atoms with Crippen LogP contribution in [0.3, 0.4) is 0 Å². The summed E-state index contributed by atoms with van der Waals surface area (Å²) >= 11 is 3.39. The van der Waals surface area contributed by atoms with E-state index in [2.05, 4.69) is 15.3 Å². The molecule has 1 aliphatic rings. The molecule has 4 nitrogen and oxygen atoms in total. The number of carbonyl (C=O) groups is 1. The molecule has 2 aromatic rings. The van der Waals surface area contributed by atoms with Crippen LogP contribution >= 0.6 is 23.1 Å². The molecule has 0 radical (unpaired) electrons. The van der Waals surface area contributed by atoms with Gasteiger partial charge in [-0.2, -0.15) is 11.3 Å². The van der Waals surface area contributed by atoms with Gasteiger partial charge in [-0.25, -0.2) is 9.97 Å². The SMILES string of the molecule is O=C(Cc1ccsc1)NC1CCC(Sc2ncccn2)CC1. The highest BCUT2D eigenvalue weighted by atomic mass is 32.2. The maximum atomic E-state index is 12.0. The molecule has 1 amide bonds. The van der Waals surface area contributed by atoms with Gasteiger partial charge in [0.25, 0.3) is 0 Å². The Morgan fingerprint density at radius 1 is 1.27 bits per heavy atom. The van der Waals surface area contributed by atoms with Crippen LogP contribution in [0, 0.1) is 0 Å². The summed E-state index contributed by atoms with van der Waals surface area (Å²) in [6.45, 7) is 0. The molecule has 2 heterocycles. The summed E-state index contributed by atoms with van der Waals surface area (Å²) in [5.74, 6) is 0.140. The van der Waals surface area contributed by atoms with Crippen LogP contribution in [0.2, 0.25) is 0 Å². The highest BCUT2D eigenvalue weighted by molar-refractivity contribution is 7.99. The summed E-state index contributed by atoms with van der Waals surface area (Å²) in [5, 5.41) is 8.63. The summed E-state index contributed by atoms with van der Waals surface area (Å²) in [6, 6.07) is 4.17. The molecule has 116 valence electrons. The van der Waals surface area contributed by atoms with Crippen LogP contribution in [0.25, 0.3) is 0 Å². The highest BCUT2D eigenvalue weighted by Crippen LogP contribution is 2.31. The second kappa shape index (κ2) is 7.74. The Morgan fingerprint density at radius 2 is 2.05 bits per heavy atom. The van der Waals surface area contributed by atoms with Gasteiger partial charge in [0.2, 0.25) is 5.91 Å². The zero-order chi connectivity index (χ0) is 15.2. The van der Waals surface area contributed by atoms with Gasteiger partial charge in [0.05, 0.1) is 6.42 Å². The van der Waals surface area contributed by atoms with Gasteiger partial charge in [-0.1, -0.05) is 11.8 Å². The topological polar surface area (TPSA) is 54.9 Å². The molecule has 2 aromatic heterocycles. The fraction of sp³-hybridized carbons (Fsp3) is 0.438. The van der Waals surface area contributed by atoms with Crippen molar-refractivity contribution in [1.29, 1.82) is 0 Å². The predicted molar refractivity (Wildman–Crippen MR) is 90.1 cm³/mol. The number of nitrogens with one attached hydrogen (secondary N) is 1. The number of thioether (sulfide) groups is 1. The first-order chi connectivity index (χ1) is 10.8. The normalized spacial score (nSPS) is 21.5. The molecular formula is C16H19N3OS2. The van der Waals surface area contributed by atoms with E-state index in [1.54, 1.807) is 35.5 Å². The Kier molecular flexibility index (Phi) is 5.45. The molecular weight excluding hydrogens is 314 g/mol. The van der Waals surface area contributed by atoms with E-state index in [-0.39, 0.29) is 5.91 Å². The minimum absolute atomic E-state index is 0.140. The van der Waals surface area contributed by atoms with Crippen LogP contribution < -0.4 is 5.32 Å². The van der Waals surface area contributed by atoms with E-state index in [4.69, 9.17) is 0 Å². The molecule has 0 aromatic carbocycles. The van der Waals surface area contributed by atoms with Crippen molar-refractivity contribution < 1.29 is 4.79 Å². The van der Waals surface area contributed by atoms with Crippen molar-refractivity contribution in [2.75, 3.05) is 0 Å². The molecule has 0 atom stereocenters. The fourth-order valence-electron chi connectivity index (χ4n) is 2.68. The van der Waals surface area contributed by atoms with Crippen LogP contribution in [0.1, 0.15) is 31.2 Å². The zero-order valence-corrected chi connectivity index (χ0v) is 13.9. The Morgan fingerprint density at radius 3 is 2.73 bits per heavy atom. The lowest BCUT2D eigenvalue weighted by Crippen LogP contribution is -2.38. The van der Waals surface area contributed by atoms with Gasteiger partial charge < -0.3 is 5.32 Å². The molecule has 0 aliphatic heterocycles. The van der Waals surface area contributed by atoms with Crippen LogP contribution in [0.5, 0.6) is 0 Å². The van der Waals surface area contributed by atoms with Crippen molar-refractivity contribution in [3.8, 4) is 0 Å². The average molecular weight is 333 g/mol. The Bertz CT molecular complexity index is 581. The van der Waals surface area contributed by atoms with Crippen molar-refractivity contribution in [2.24, 2.45) is 0 Å². The molecule has 1 N–H and O–H groups in total. The average Bonchev–Trinajstić information content (AvgIpc) is 3.03. The van der Waals surface area contributed by atoms with Gasteiger partial charge in [-0.3, -0.25) is 4.79 Å². The molecule has 0 unspecified atom stereocenters. The molecule has 0 saturated heterocycles. The van der Waals surface area contributed by atoms with Gasteiger partial charge in [0, 0.05) is 23.7 Å². The molecule has 1 saturated carbocycles. The monoisotopic (exact) mass is 333 g/mol. The van der Waals surface area contributed by atoms with E-state index in [9.17, 15) is 4.79 Å². The summed E-state index contributed by atoms with van der Waals surface area (Å²) in [6.07, 6.45) is 8.35. The second-order valence-electron chi connectivity index (χ2n) is 5.50. The third-order valence-electron chi connectivity index (χ3n) is 3.80. The van der Waals surface area contributed by atoms with Crippen molar-refractivity contribution in [3.63, 3.8) is 0 Å². The number of amides is 1. The van der Waals surface area contributed by atoms with Crippen LogP contribution in [0.4, 0.5) is 0 Å². The lowest BCUT2D eigenvalue weighted by molar-refractivity contribution is -0.121. The number of aromatic nitrogens is 2. The van der Waals surface area contributed by atoms with Crippen LogP contribution in [-0.4, -0.2) is 27.2 Å². The molecule has 1 aliphatic carbocycles. The molecule has 6 heteroatoms. The number of hydrogen-bond acceptors (Lipinski definition) is 5. The molecule has 3 rings (SSSR count). The first kappa shape index (κ1) is 15.5. The summed E-state index contributed by atoms with van der Waals surface area (Å²) in [4.78, 5) is 20.5. The fourth-order valence-corrected chi connectivity index (χ4v) is 4.40. The minimum Gasteiger partial charge on any atom is -0.353 e. The lowest BCUT2D eigenvalue weighted by Gasteiger charge is -2.28. The van der Waals surface area contributed by atoms with Crippen LogP contribution in [0.15, 0.2) is 40.4 Å². The standard InChI is InChI=1S/C16H19N3OS2/c20-15(10-12-6-9-21-11-12)19-13-2-4-14(5-3-13)22-16-17-7-1-8-18-16/h1,6-9,11,13-14H,2-5,10H2,(H,19,20). The minimum atomic E-state index is 0.140. The van der Waals surface area contributed by atoms with Crippen LogP contribution in [-0.2, 0) is 11.2 Å². The van der Waals surface area contributed by atoms with E-state index >= 15 is 0 Å². The van der Waals surface area contributed by atoms with E-state index in [1.165, 1.54) is 0 Å². The van der Waals surface area contributed by atoms with Crippen molar-refractivity contribution in [2.45, 2.75) is 48.6 Å². The van der Waals surface area contributed by atoms with Gasteiger partial charge in [0.1, 0.15) is 0 Å². The van der Waals surface area contributed by atoms with E-state index in [1.807, 2.05) is 22.9 Å². The van der Waals surface area contributed by atoms with E-state index in [0.717, 1.165) is 36.4 Å². The number of thiophene rings is 1. The van der Waals surface area contributed by atoms with Crippen molar-refractivity contribution in [1.82, 2.24) is 15.3 Å². The Hall–Kier alpha value is -1.40. The zero-order valence-electron chi connectivity index (χ0n) is 12.3. The highest BCUT2D eigenvalue weighted by Gasteiger charge is 2.23. The first-order valence-electron chi connectivity index (χ1n) is 7.54. The van der Waals surface area contributed by atoms with Crippen molar-refractivity contribution >= 4 is 29.0 Å². The molecule has 1 fully saturated rings. The Balaban J connectivity index is 1.41. The summed E-state index contributed by atoms with van der Waals surface area (Å²) in [7, 11) is 0. The van der Waals surface area contributed by atoms with E-state index < -0.39 is 0 Å². The summed E-state index contributed by atoms with van der Waals surface area (Å²) < 4.78 is 0. The number of carbonyl (C=O) groups excluding carboxylic acids is 1. The third-order valence-corrected chi connectivity index (χ3v) is 5.76. The number of rotatable bonds is 5. The summed E-state index contributed by atoms with van der Waals surface area (Å²) in [5.41, 5.74) is 1.10. The van der Waals surface area contributed by atoms with Crippen molar-refractivity contribution in [3.05, 3.63) is 40.8 Å². The van der Waals surface area contributed by atoms with E-state index in [0.29, 0.717) is 17.7 Å². The predicted octanol–water partition coefficient (Wildman–Crippen LogP) is 3.30. The first-order valence-corrected chi connectivity index (χ1v) is 9.36. The van der Waals surface area contributed by atoms with Gasteiger partial charge in [-0.05, 0) is 54.1 Å². The molecule has 0 spiro atoms. The molecule has 22 heavy (non-hydrogen) atoms. The Labute approximate surface area is 138 Å². The van der Waals surface area contributed by atoms with Gasteiger partial charge in [0.15, 0.2) is 5.16 Å².